The van der Waals surface area contributed by atoms with Gasteiger partial charge in [0, 0.05) is 16.7 Å². The maximum absolute atomic E-state index is 8.89. The lowest BCUT2D eigenvalue weighted by atomic mass is 10.2. The van der Waals surface area contributed by atoms with E-state index in [-0.39, 0.29) is 10.6 Å². The summed E-state index contributed by atoms with van der Waals surface area (Å²) < 4.78 is 5.60. The molecule has 3 nitrogen and oxygen atoms in total. The number of thiocarbonyl (C=S) groups is 1. The molecule has 2 aromatic rings. The first-order valence-electron chi connectivity index (χ1n) is 5.48. The summed E-state index contributed by atoms with van der Waals surface area (Å²) in [6, 6.07) is 10.5. The zero-order valence-electron chi connectivity index (χ0n) is 10.1. The standard InChI is InChI=1S/C14H8Cl2N2OS/c15-9-1-3-11(12(16)6-9)13-4-2-10(19-13)5-8(7-17)14(18)20/h1-6H,(H2,18,20)/b8-5+. The maximum atomic E-state index is 8.89. The highest BCUT2D eigenvalue weighted by Crippen LogP contribution is 2.31. The fraction of sp³-hybridized carbons (Fsp3) is 0. The molecule has 0 spiro atoms. The van der Waals surface area contributed by atoms with E-state index < -0.39 is 0 Å². The predicted molar refractivity (Wildman–Crippen MR) is 84.5 cm³/mol. The topological polar surface area (TPSA) is 63.0 Å². The van der Waals surface area contributed by atoms with Gasteiger partial charge in [-0.25, -0.2) is 0 Å². The van der Waals surface area contributed by atoms with Crippen molar-refractivity contribution in [1.82, 2.24) is 0 Å². The molecule has 0 unspecified atom stereocenters. The smallest absolute Gasteiger partial charge is 0.136 e. The Bertz CT molecular complexity index is 744. The second kappa shape index (κ2) is 6.10. The third-order valence-electron chi connectivity index (χ3n) is 2.50. The number of nitrogens with two attached hydrogens (primary N) is 1. The molecule has 0 atom stereocenters. The average molecular weight is 323 g/mol. The second-order valence-corrected chi connectivity index (χ2v) is 5.14. The van der Waals surface area contributed by atoms with Crippen molar-refractivity contribution in [3.63, 3.8) is 0 Å². The van der Waals surface area contributed by atoms with E-state index in [0.29, 0.717) is 27.1 Å². The Morgan fingerprint density at radius 3 is 2.65 bits per heavy atom. The molecule has 1 heterocycles. The van der Waals surface area contributed by atoms with Gasteiger partial charge in [-0.15, -0.1) is 0 Å². The van der Waals surface area contributed by atoms with Crippen LogP contribution in [0.2, 0.25) is 10.0 Å². The lowest BCUT2D eigenvalue weighted by Crippen LogP contribution is -2.09. The second-order valence-electron chi connectivity index (χ2n) is 3.86. The summed E-state index contributed by atoms with van der Waals surface area (Å²) in [5.74, 6) is 1.04. The van der Waals surface area contributed by atoms with Crippen LogP contribution in [0.5, 0.6) is 0 Å². The first-order chi connectivity index (χ1) is 9.51. The van der Waals surface area contributed by atoms with Crippen LogP contribution in [0.4, 0.5) is 0 Å². The molecule has 0 radical (unpaired) electrons. The third-order valence-corrected chi connectivity index (χ3v) is 3.26. The number of hydrogen-bond donors (Lipinski definition) is 1. The van der Waals surface area contributed by atoms with Crippen LogP contribution >= 0.6 is 35.4 Å². The van der Waals surface area contributed by atoms with Gasteiger partial charge in [0.15, 0.2) is 0 Å². The van der Waals surface area contributed by atoms with Crippen LogP contribution in [0.25, 0.3) is 17.4 Å². The Kier molecular flexibility index (Phi) is 4.46. The van der Waals surface area contributed by atoms with Gasteiger partial charge in [0.1, 0.15) is 22.6 Å². The van der Waals surface area contributed by atoms with E-state index >= 15 is 0 Å². The number of furan rings is 1. The Balaban J connectivity index is 2.39. The molecule has 1 aromatic carbocycles. The summed E-state index contributed by atoms with van der Waals surface area (Å²) in [5, 5.41) is 9.92. The van der Waals surface area contributed by atoms with Crippen molar-refractivity contribution in [1.29, 1.82) is 5.26 Å². The normalized spacial score (nSPS) is 11.2. The molecule has 100 valence electrons. The molecule has 0 aliphatic rings. The molecule has 0 aliphatic heterocycles. The van der Waals surface area contributed by atoms with E-state index in [1.807, 2.05) is 6.07 Å². The van der Waals surface area contributed by atoms with E-state index in [1.165, 1.54) is 6.08 Å². The molecule has 0 aliphatic carbocycles. The Hall–Kier alpha value is -1.80. The molecule has 0 saturated carbocycles. The molecule has 2 N–H and O–H groups in total. The van der Waals surface area contributed by atoms with Gasteiger partial charge in [0.05, 0.1) is 10.6 Å². The Morgan fingerprint density at radius 1 is 1.30 bits per heavy atom. The molecule has 0 saturated heterocycles. The van der Waals surface area contributed by atoms with Crippen LogP contribution < -0.4 is 5.73 Å². The van der Waals surface area contributed by atoms with Crippen molar-refractivity contribution in [2.45, 2.75) is 0 Å². The van der Waals surface area contributed by atoms with Gasteiger partial charge in [-0.3, -0.25) is 0 Å². The molecule has 6 heteroatoms. The fourth-order valence-electron chi connectivity index (χ4n) is 1.57. The van der Waals surface area contributed by atoms with Crippen molar-refractivity contribution in [3.8, 4) is 17.4 Å². The van der Waals surface area contributed by atoms with Crippen LogP contribution in [-0.4, -0.2) is 4.99 Å². The highest BCUT2D eigenvalue weighted by molar-refractivity contribution is 7.80. The number of nitrogens with zero attached hydrogens (tertiary/aromatic N) is 1. The summed E-state index contributed by atoms with van der Waals surface area (Å²) in [4.78, 5) is 0.0231. The monoisotopic (exact) mass is 322 g/mol. The first-order valence-corrected chi connectivity index (χ1v) is 6.64. The van der Waals surface area contributed by atoms with Crippen LogP contribution in [0.3, 0.4) is 0 Å². The van der Waals surface area contributed by atoms with Gasteiger partial charge in [-0.05, 0) is 30.3 Å². The number of hydrogen-bond acceptors (Lipinski definition) is 3. The minimum atomic E-state index is 0.0231. The van der Waals surface area contributed by atoms with Crippen molar-refractivity contribution < 1.29 is 4.42 Å². The average Bonchev–Trinajstić information content (AvgIpc) is 2.83. The highest BCUT2D eigenvalue weighted by atomic mass is 35.5. The molecular weight excluding hydrogens is 315 g/mol. The molecule has 20 heavy (non-hydrogen) atoms. The van der Waals surface area contributed by atoms with E-state index in [2.05, 4.69) is 0 Å². The van der Waals surface area contributed by atoms with E-state index in [1.54, 1.807) is 30.3 Å². The van der Waals surface area contributed by atoms with Gasteiger partial charge in [-0.2, -0.15) is 5.26 Å². The summed E-state index contributed by atoms with van der Waals surface area (Å²) in [6.45, 7) is 0. The summed E-state index contributed by atoms with van der Waals surface area (Å²) in [5.41, 5.74) is 6.31. The van der Waals surface area contributed by atoms with Crippen molar-refractivity contribution in [3.05, 3.63) is 51.7 Å². The van der Waals surface area contributed by atoms with Crippen LogP contribution in [0, 0.1) is 11.3 Å². The molecule has 0 amide bonds. The van der Waals surface area contributed by atoms with Gasteiger partial charge < -0.3 is 10.2 Å². The minimum absolute atomic E-state index is 0.0231. The maximum Gasteiger partial charge on any atom is 0.136 e. The SMILES string of the molecule is N#C/C(=C\c1ccc(-c2ccc(Cl)cc2Cl)o1)C(N)=S. The number of rotatable bonds is 3. The third kappa shape index (κ3) is 3.20. The molecule has 2 rings (SSSR count). The van der Waals surface area contributed by atoms with Gasteiger partial charge >= 0.3 is 0 Å². The first kappa shape index (κ1) is 14.6. The van der Waals surface area contributed by atoms with E-state index in [4.69, 9.17) is 50.8 Å². The summed E-state index contributed by atoms with van der Waals surface area (Å²) in [6.07, 6.45) is 1.48. The zero-order chi connectivity index (χ0) is 14.7. The number of nitriles is 1. The summed E-state index contributed by atoms with van der Waals surface area (Å²) in [7, 11) is 0. The molecular formula is C14H8Cl2N2OS. The van der Waals surface area contributed by atoms with Gasteiger partial charge in [0.2, 0.25) is 0 Å². The van der Waals surface area contributed by atoms with Gasteiger partial charge in [0.25, 0.3) is 0 Å². The minimum Gasteiger partial charge on any atom is -0.457 e. The molecule has 0 bridgehead atoms. The van der Waals surface area contributed by atoms with E-state index in [0.717, 1.165) is 0 Å². The quantitative estimate of drug-likeness (QED) is 0.515. The van der Waals surface area contributed by atoms with Crippen LogP contribution in [0.1, 0.15) is 5.76 Å². The van der Waals surface area contributed by atoms with Crippen LogP contribution in [0.15, 0.2) is 40.3 Å². The van der Waals surface area contributed by atoms with Crippen LogP contribution in [-0.2, 0) is 0 Å². The van der Waals surface area contributed by atoms with Crippen molar-refractivity contribution in [2.24, 2.45) is 5.73 Å². The Labute approximate surface area is 131 Å². The predicted octanol–water partition coefficient (Wildman–Crippen LogP) is 4.45. The summed E-state index contributed by atoms with van der Waals surface area (Å²) >= 11 is 16.7. The van der Waals surface area contributed by atoms with Crippen molar-refractivity contribution in [2.75, 3.05) is 0 Å². The fourth-order valence-corrected chi connectivity index (χ4v) is 2.17. The van der Waals surface area contributed by atoms with Crippen molar-refractivity contribution >= 4 is 46.5 Å². The Morgan fingerprint density at radius 2 is 2.05 bits per heavy atom. The lowest BCUT2D eigenvalue weighted by Gasteiger charge is -2.00. The molecule has 0 fully saturated rings. The van der Waals surface area contributed by atoms with Gasteiger partial charge in [-0.1, -0.05) is 35.4 Å². The lowest BCUT2D eigenvalue weighted by molar-refractivity contribution is 0.571. The highest BCUT2D eigenvalue weighted by Gasteiger charge is 2.09. The zero-order valence-corrected chi connectivity index (χ0v) is 12.4. The van der Waals surface area contributed by atoms with E-state index in [9.17, 15) is 0 Å². The molecule has 1 aromatic heterocycles. The number of benzene rings is 1. The number of halogens is 2. The largest absolute Gasteiger partial charge is 0.457 e.